The van der Waals surface area contributed by atoms with Crippen LogP contribution in [0.3, 0.4) is 0 Å². The standard InChI is InChI=1S/C12H17BrN2O2/c1-14-5-10-4-11(13)6-15-12(10)17-8-9-2-3-16-7-9/h4,6,9,14H,2-3,5,7-8H2,1H3. The second kappa shape index (κ2) is 6.33. The average Bonchev–Trinajstić information content (AvgIpc) is 2.81. The maximum absolute atomic E-state index is 5.78. The minimum Gasteiger partial charge on any atom is -0.477 e. The fraction of sp³-hybridized carbons (Fsp3) is 0.583. The van der Waals surface area contributed by atoms with E-state index >= 15 is 0 Å². The summed E-state index contributed by atoms with van der Waals surface area (Å²) in [6.45, 7) is 3.09. The molecule has 17 heavy (non-hydrogen) atoms. The van der Waals surface area contributed by atoms with Crippen molar-refractivity contribution >= 4 is 15.9 Å². The molecule has 0 aliphatic carbocycles. The number of hydrogen-bond acceptors (Lipinski definition) is 4. The van der Waals surface area contributed by atoms with Crippen molar-refractivity contribution in [2.24, 2.45) is 5.92 Å². The minimum absolute atomic E-state index is 0.503. The molecule has 0 amide bonds. The Morgan fingerprint density at radius 1 is 1.65 bits per heavy atom. The summed E-state index contributed by atoms with van der Waals surface area (Å²) in [5.41, 5.74) is 1.07. The van der Waals surface area contributed by atoms with Gasteiger partial charge in [-0.2, -0.15) is 0 Å². The van der Waals surface area contributed by atoms with E-state index in [2.05, 4.69) is 26.2 Å². The predicted molar refractivity (Wildman–Crippen MR) is 69.1 cm³/mol. The highest BCUT2D eigenvalue weighted by Gasteiger charge is 2.17. The summed E-state index contributed by atoms with van der Waals surface area (Å²) in [6, 6.07) is 2.03. The summed E-state index contributed by atoms with van der Waals surface area (Å²) in [4.78, 5) is 4.31. The zero-order valence-electron chi connectivity index (χ0n) is 9.91. The molecule has 0 radical (unpaired) electrons. The monoisotopic (exact) mass is 300 g/mol. The number of hydrogen-bond donors (Lipinski definition) is 1. The maximum atomic E-state index is 5.78. The van der Waals surface area contributed by atoms with Gasteiger partial charge in [-0.3, -0.25) is 0 Å². The summed E-state index contributed by atoms with van der Waals surface area (Å²) >= 11 is 3.42. The largest absolute Gasteiger partial charge is 0.477 e. The van der Waals surface area contributed by atoms with Crippen LogP contribution >= 0.6 is 15.9 Å². The number of nitrogens with zero attached hydrogens (tertiary/aromatic N) is 1. The van der Waals surface area contributed by atoms with Gasteiger partial charge in [0.25, 0.3) is 0 Å². The minimum atomic E-state index is 0.503. The number of halogens is 1. The Labute approximate surface area is 110 Å². The highest BCUT2D eigenvalue weighted by Crippen LogP contribution is 2.21. The van der Waals surface area contributed by atoms with Gasteiger partial charge >= 0.3 is 0 Å². The Kier molecular flexibility index (Phi) is 4.76. The fourth-order valence-corrected chi connectivity index (χ4v) is 2.21. The van der Waals surface area contributed by atoms with Gasteiger partial charge in [-0.1, -0.05) is 0 Å². The van der Waals surface area contributed by atoms with Crippen molar-refractivity contribution in [1.29, 1.82) is 0 Å². The van der Waals surface area contributed by atoms with Crippen molar-refractivity contribution < 1.29 is 9.47 Å². The molecule has 0 bridgehead atoms. The predicted octanol–water partition coefficient (Wildman–Crippen LogP) is 1.98. The van der Waals surface area contributed by atoms with Crippen LogP contribution in [0.1, 0.15) is 12.0 Å². The van der Waals surface area contributed by atoms with E-state index in [0.717, 1.165) is 42.1 Å². The van der Waals surface area contributed by atoms with Crippen molar-refractivity contribution in [3.05, 3.63) is 22.3 Å². The number of pyridine rings is 1. The van der Waals surface area contributed by atoms with E-state index in [0.29, 0.717) is 12.5 Å². The summed E-state index contributed by atoms with van der Waals surface area (Å²) in [7, 11) is 1.91. The van der Waals surface area contributed by atoms with Crippen molar-refractivity contribution in [1.82, 2.24) is 10.3 Å². The van der Waals surface area contributed by atoms with E-state index in [1.54, 1.807) is 6.20 Å². The first-order chi connectivity index (χ1) is 8.29. The molecule has 1 aromatic heterocycles. The van der Waals surface area contributed by atoms with Crippen LogP contribution < -0.4 is 10.1 Å². The third-order valence-corrected chi connectivity index (χ3v) is 3.17. The van der Waals surface area contributed by atoms with E-state index in [-0.39, 0.29) is 0 Å². The summed E-state index contributed by atoms with van der Waals surface area (Å²) in [5.74, 6) is 1.22. The Morgan fingerprint density at radius 3 is 3.24 bits per heavy atom. The average molecular weight is 301 g/mol. The highest BCUT2D eigenvalue weighted by atomic mass is 79.9. The van der Waals surface area contributed by atoms with Crippen molar-refractivity contribution in [2.75, 3.05) is 26.9 Å². The molecule has 1 fully saturated rings. The van der Waals surface area contributed by atoms with Gasteiger partial charge in [-0.05, 0) is 35.5 Å². The lowest BCUT2D eigenvalue weighted by Crippen LogP contribution is -2.15. The lowest BCUT2D eigenvalue weighted by atomic mass is 10.1. The molecule has 1 unspecified atom stereocenters. The highest BCUT2D eigenvalue weighted by molar-refractivity contribution is 9.10. The third-order valence-electron chi connectivity index (χ3n) is 2.74. The molecule has 1 aromatic rings. The maximum Gasteiger partial charge on any atom is 0.217 e. The van der Waals surface area contributed by atoms with Crippen LogP contribution in [-0.4, -0.2) is 31.9 Å². The van der Waals surface area contributed by atoms with Crippen molar-refractivity contribution in [3.8, 4) is 5.88 Å². The normalized spacial score (nSPS) is 19.5. The van der Waals surface area contributed by atoms with E-state index < -0.39 is 0 Å². The lowest BCUT2D eigenvalue weighted by molar-refractivity contribution is 0.165. The molecular weight excluding hydrogens is 284 g/mol. The first-order valence-electron chi connectivity index (χ1n) is 5.79. The van der Waals surface area contributed by atoms with Crippen LogP contribution in [0.5, 0.6) is 5.88 Å². The fourth-order valence-electron chi connectivity index (χ4n) is 1.83. The molecule has 1 aliphatic heterocycles. The topological polar surface area (TPSA) is 43.4 Å². The lowest BCUT2D eigenvalue weighted by Gasteiger charge is -2.13. The summed E-state index contributed by atoms with van der Waals surface area (Å²) < 4.78 is 12.1. The number of nitrogens with one attached hydrogen (secondary N) is 1. The van der Waals surface area contributed by atoms with Gasteiger partial charge in [0.1, 0.15) is 0 Å². The molecule has 4 nitrogen and oxygen atoms in total. The van der Waals surface area contributed by atoms with Crippen LogP contribution in [0.25, 0.3) is 0 Å². The Morgan fingerprint density at radius 2 is 2.53 bits per heavy atom. The van der Waals surface area contributed by atoms with E-state index in [9.17, 15) is 0 Å². The van der Waals surface area contributed by atoms with E-state index in [4.69, 9.17) is 9.47 Å². The van der Waals surface area contributed by atoms with Crippen LogP contribution in [0, 0.1) is 5.92 Å². The van der Waals surface area contributed by atoms with Gasteiger partial charge in [-0.15, -0.1) is 0 Å². The van der Waals surface area contributed by atoms with Gasteiger partial charge < -0.3 is 14.8 Å². The molecule has 1 atom stereocenters. The Hall–Kier alpha value is -0.650. The number of aromatic nitrogens is 1. The molecule has 1 saturated heterocycles. The van der Waals surface area contributed by atoms with Gasteiger partial charge in [0.05, 0.1) is 13.2 Å². The molecule has 2 heterocycles. The third kappa shape index (κ3) is 3.66. The van der Waals surface area contributed by atoms with Gasteiger partial charge in [0, 0.05) is 35.3 Å². The van der Waals surface area contributed by atoms with E-state index in [1.165, 1.54) is 0 Å². The quantitative estimate of drug-likeness (QED) is 0.903. The second-order valence-electron chi connectivity index (χ2n) is 4.19. The SMILES string of the molecule is CNCc1cc(Br)cnc1OCC1CCOC1. The van der Waals surface area contributed by atoms with Gasteiger partial charge in [0.15, 0.2) is 0 Å². The smallest absolute Gasteiger partial charge is 0.217 e. The van der Waals surface area contributed by atoms with Crippen LogP contribution in [-0.2, 0) is 11.3 Å². The van der Waals surface area contributed by atoms with E-state index in [1.807, 2.05) is 13.1 Å². The Balaban J connectivity index is 1.98. The van der Waals surface area contributed by atoms with Crippen molar-refractivity contribution in [3.63, 3.8) is 0 Å². The van der Waals surface area contributed by atoms with Gasteiger partial charge in [0.2, 0.25) is 5.88 Å². The first-order valence-corrected chi connectivity index (χ1v) is 6.58. The second-order valence-corrected chi connectivity index (χ2v) is 5.10. The first kappa shape index (κ1) is 12.8. The molecule has 5 heteroatoms. The molecule has 0 spiro atoms. The van der Waals surface area contributed by atoms with Crippen molar-refractivity contribution in [2.45, 2.75) is 13.0 Å². The molecule has 1 aliphatic rings. The molecule has 0 aromatic carbocycles. The number of rotatable bonds is 5. The number of ether oxygens (including phenoxy) is 2. The zero-order valence-corrected chi connectivity index (χ0v) is 11.5. The molecule has 2 rings (SSSR count). The summed E-state index contributed by atoms with van der Waals surface area (Å²) in [6.07, 6.45) is 2.84. The van der Waals surface area contributed by atoms with Crippen LogP contribution in [0.4, 0.5) is 0 Å². The molecule has 1 N–H and O–H groups in total. The molecular formula is C12H17BrN2O2. The Bertz CT molecular complexity index is 368. The molecule has 0 saturated carbocycles. The van der Waals surface area contributed by atoms with Gasteiger partial charge in [-0.25, -0.2) is 4.98 Å². The molecule has 94 valence electrons. The zero-order chi connectivity index (χ0) is 12.1. The van der Waals surface area contributed by atoms with Crippen LogP contribution in [0.2, 0.25) is 0 Å². The van der Waals surface area contributed by atoms with Crippen LogP contribution in [0.15, 0.2) is 16.7 Å². The summed E-state index contributed by atoms with van der Waals surface area (Å²) in [5, 5.41) is 3.11.